The van der Waals surface area contributed by atoms with Gasteiger partial charge in [0.2, 0.25) is 0 Å². The summed E-state index contributed by atoms with van der Waals surface area (Å²) >= 11 is 0. The number of hydrogen-bond donors (Lipinski definition) is 3. The molecule has 0 saturated heterocycles. The molecule has 142 valence electrons. The Morgan fingerprint density at radius 3 is 2.56 bits per heavy atom. The van der Waals surface area contributed by atoms with Crippen LogP contribution in [-0.4, -0.2) is 43.5 Å². The number of aliphatic hydroxyl groups is 1. The lowest BCUT2D eigenvalue weighted by atomic mass is 10.0. The van der Waals surface area contributed by atoms with E-state index in [4.69, 9.17) is 9.47 Å². The summed E-state index contributed by atoms with van der Waals surface area (Å²) in [5.74, 6) is 2.05. The first-order valence-electron chi connectivity index (χ1n) is 8.69. The molecule has 0 amide bonds. The lowest BCUT2D eigenvalue weighted by Crippen LogP contribution is -2.34. The molecule has 3 N–H and O–H groups in total. The highest BCUT2D eigenvalue weighted by Crippen LogP contribution is 2.31. The van der Waals surface area contributed by atoms with E-state index in [9.17, 15) is 5.11 Å². The van der Waals surface area contributed by atoms with Gasteiger partial charge in [0.05, 0.1) is 25.9 Å². The van der Waals surface area contributed by atoms with Crippen molar-refractivity contribution in [2.75, 3.05) is 32.1 Å². The minimum atomic E-state index is -0.654. The summed E-state index contributed by atoms with van der Waals surface area (Å²) in [5.41, 5.74) is 0.201. The van der Waals surface area contributed by atoms with Gasteiger partial charge >= 0.3 is 0 Å². The molecule has 0 aliphatic heterocycles. The first kappa shape index (κ1) is 21.8. The van der Waals surface area contributed by atoms with Crippen LogP contribution in [0, 0.1) is 0 Å². The van der Waals surface area contributed by atoms with E-state index in [1.807, 2.05) is 32.0 Å². The van der Waals surface area contributed by atoms with Crippen molar-refractivity contribution >= 4 is 35.6 Å². The van der Waals surface area contributed by atoms with Crippen LogP contribution in [0.3, 0.4) is 0 Å². The molecule has 1 aliphatic carbocycles. The zero-order chi connectivity index (χ0) is 17.4. The Labute approximate surface area is 167 Å². The van der Waals surface area contributed by atoms with E-state index in [-0.39, 0.29) is 24.0 Å². The Morgan fingerprint density at radius 2 is 1.96 bits per heavy atom. The van der Waals surface area contributed by atoms with E-state index < -0.39 is 5.60 Å². The van der Waals surface area contributed by atoms with Crippen molar-refractivity contribution < 1.29 is 14.6 Å². The maximum absolute atomic E-state index is 10.5. The SMILES string of the molecule is CCNC(=NCC1(O)CCCC1)Nc1ccc(OCC)c(OC)c1.I. The van der Waals surface area contributed by atoms with E-state index >= 15 is 0 Å². The quantitative estimate of drug-likeness (QED) is 0.329. The highest BCUT2D eigenvalue weighted by Gasteiger charge is 2.30. The van der Waals surface area contributed by atoms with Crippen LogP contribution >= 0.6 is 24.0 Å². The molecule has 2 rings (SSSR count). The Balaban J connectivity index is 0.00000312. The molecule has 0 radical (unpaired) electrons. The van der Waals surface area contributed by atoms with Crippen molar-refractivity contribution in [2.45, 2.75) is 45.1 Å². The zero-order valence-corrected chi connectivity index (χ0v) is 17.6. The number of benzene rings is 1. The number of nitrogens with one attached hydrogen (secondary N) is 2. The van der Waals surface area contributed by atoms with Gasteiger partial charge in [0.1, 0.15) is 0 Å². The van der Waals surface area contributed by atoms with Gasteiger partial charge in [-0.25, -0.2) is 0 Å². The Kier molecular flexibility index (Phi) is 9.34. The molecule has 6 nitrogen and oxygen atoms in total. The third kappa shape index (κ3) is 6.54. The van der Waals surface area contributed by atoms with Gasteiger partial charge in [-0.1, -0.05) is 12.8 Å². The summed E-state index contributed by atoms with van der Waals surface area (Å²) in [5, 5.41) is 16.9. The highest BCUT2D eigenvalue weighted by molar-refractivity contribution is 14.0. The molecule has 25 heavy (non-hydrogen) atoms. The summed E-state index contributed by atoms with van der Waals surface area (Å²) in [4.78, 5) is 4.55. The number of hydrogen-bond acceptors (Lipinski definition) is 4. The summed E-state index contributed by atoms with van der Waals surface area (Å²) < 4.78 is 10.9. The van der Waals surface area contributed by atoms with Gasteiger partial charge in [0, 0.05) is 18.3 Å². The molecule has 1 saturated carbocycles. The van der Waals surface area contributed by atoms with E-state index in [1.165, 1.54) is 0 Å². The standard InChI is InChI=1S/C18H29N3O3.HI/c1-4-19-17(20-13-18(22)10-6-7-11-18)21-14-8-9-15(24-5-2)16(12-14)23-3;/h8-9,12,22H,4-7,10-11,13H2,1-3H3,(H2,19,20,21);1H. The summed E-state index contributed by atoms with van der Waals surface area (Å²) in [7, 11) is 1.62. The van der Waals surface area contributed by atoms with Crippen LogP contribution in [0.5, 0.6) is 11.5 Å². The van der Waals surface area contributed by atoms with Crippen LogP contribution < -0.4 is 20.1 Å². The van der Waals surface area contributed by atoms with Gasteiger partial charge < -0.3 is 25.2 Å². The number of halogens is 1. The third-order valence-electron chi connectivity index (χ3n) is 4.14. The molecule has 0 atom stereocenters. The molecule has 7 heteroatoms. The number of nitrogens with zero attached hydrogens (tertiary/aromatic N) is 1. The zero-order valence-electron chi connectivity index (χ0n) is 15.3. The lowest BCUT2D eigenvalue weighted by molar-refractivity contribution is 0.0575. The minimum absolute atomic E-state index is 0. The summed E-state index contributed by atoms with van der Waals surface area (Å²) in [6, 6.07) is 5.67. The highest BCUT2D eigenvalue weighted by atomic mass is 127. The number of anilines is 1. The fourth-order valence-electron chi connectivity index (χ4n) is 2.88. The Bertz CT molecular complexity index is 560. The van der Waals surface area contributed by atoms with Crippen LogP contribution in [0.1, 0.15) is 39.5 Å². The van der Waals surface area contributed by atoms with Crippen LogP contribution in [0.15, 0.2) is 23.2 Å². The first-order chi connectivity index (χ1) is 11.6. The molecular formula is C18H30IN3O3. The number of ether oxygens (including phenoxy) is 2. The van der Waals surface area contributed by atoms with Gasteiger partial charge in [-0.3, -0.25) is 4.99 Å². The molecule has 0 spiro atoms. The molecule has 0 aromatic heterocycles. The van der Waals surface area contributed by atoms with Gasteiger partial charge in [-0.05, 0) is 38.8 Å². The van der Waals surface area contributed by atoms with Crippen LogP contribution in [0.2, 0.25) is 0 Å². The van der Waals surface area contributed by atoms with Gasteiger partial charge in [0.25, 0.3) is 0 Å². The van der Waals surface area contributed by atoms with Gasteiger partial charge in [-0.2, -0.15) is 0 Å². The van der Waals surface area contributed by atoms with Gasteiger partial charge in [-0.15, -0.1) is 24.0 Å². The summed E-state index contributed by atoms with van der Waals surface area (Å²) in [6.07, 6.45) is 3.80. The number of rotatable bonds is 7. The second kappa shape index (κ2) is 10.7. The fraction of sp³-hybridized carbons (Fsp3) is 0.611. The first-order valence-corrected chi connectivity index (χ1v) is 8.69. The third-order valence-corrected chi connectivity index (χ3v) is 4.14. The van der Waals surface area contributed by atoms with Crippen molar-refractivity contribution in [3.05, 3.63) is 18.2 Å². The Hall–Kier alpha value is -1.22. The molecule has 1 fully saturated rings. The van der Waals surface area contributed by atoms with Crippen molar-refractivity contribution in [1.29, 1.82) is 0 Å². The van der Waals surface area contributed by atoms with Crippen molar-refractivity contribution in [3.8, 4) is 11.5 Å². The smallest absolute Gasteiger partial charge is 0.195 e. The van der Waals surface area contributed by atoms with Crippen molar-refractivity contribution in [1.82, 2.24) is 5.32 Å². The second-order valence-electron chi connectivity index (χ2n) is 6.05. The average molecular weight is 463 g/mol. The van der Waals surface area contributed by atoms with Crippen molar-refractivity contribution in [3.63, 3.8) is 0 Å². The largest absolute Gasteiger partial charge is 0.493 e. The molecule has 0 heterocycles. The number of guanidine groups is 1. The molecule has 1 aromatic carbocycles. The average Bonchev–Trinajstić information content (AvgIpc) is 3.01. The molecule has 0 bridgehead atoms. The van der Waals surface area contributed by atoms with Crippen LogP contribution in [0.4, 0.5) is 5.69 Å². The lowest BCUT2D eigenvalue weighted by Gasteiger charge is -2.20. The number of methoxy groups -OCH3 is 1. The predicted octanol–water partition coefficient (Wildman–Crippen LogP) is 3.39. The van der Waals surface area contributed by atoms with Crippen molar-refractivity contribution in [2.24, 2.45) is 4.99 Å². The second-order valence-corrected chi connectivity index (χ2v) is 6.05. The normalized spacial score (nSPS) is 16.1. The fourth-order valence-corrected chi connectivity index (χ4v) is 2.88. The van der Waals surface area contributed by atoms with Crippen LogP contribution in [0.25, 0.3) is 0 Å². The van der Waals surface area contributed by atoms with E-state index in [0.29, 0.717) is 30.6 Å². The maximum atomic E-state index is 10.5. The molecular weight excluding hydrogens is 433 g/mol. The topological polar surface area (TPSA) is 75.1 Å². The predicted molar refractivity (Wildman–Crippen MR) is 113 cm³/mol. The maximum Gasteiger partial charge on any atom is 0.195 e. The molecule has 1 aromatic rings. The van der Waals surface area contributed by atoms with E-state index in [0.717, 1.165) is 37.9 Å². The van der Waals surface area contributed by atoms with Crippen LogP contribution in [-0.2, 0) is 0 Å². The summed E-state index contributed by atoms with van der Waals surface area (Å²) in [6.45, 7) is 5.70. The number of aliphatic imine (C=N–C) groups is 1. The Morgan fingerprint density at radius 1 is 1.24 bits per heavy atom. The van der Waals surface area contributed by atoms with E-state index in [2.05, 4.69) is 15.6 Å². The monoisotopic (exact) mass is 463 g/mol. The molecule has 0 unspecified atom stereocenters. The molecule has 1 aliphatic rings. The minimum Gasteiger partial charge on any atom is -0.493 e. The van der Waals surface area contributed by atoms with E-state index in [1.54, 1.807) is 7.11 Å². The van der Waals surface area contributed by atoms with Gasteiger partial charge in [0.15, 0.2) is 17.5 Å².